The quantitative estimate of drug-likeness (QED) is 0.906. The first kappa shape index (κ1) is 15.1. The first-order valence-corrected chi connectivity index (χ1v) is 7.44. The second kappa shape index (κ2) is 6.16. The molecule has 3 rings (SSSR count). The van der Waals surface area contributed by atoms with Crippen molar-refractivity contribution in [1.82, 2.24) is 10.3 Å². The summed E-state index contributed by atoms with van der Waals surface area (Å²) >= 11 is 0. The highest BCUT2D eigenvalue weighted by Crippen LogP contribution is 2.32. The van der Waals surface area contributed by atoms with E-state index in [2.05, 4.69) is 10.3 Å². The van der Waals surface area contributed by atoms with Crippen LogP contribution in [-0.2, 0) is 6.54 Å². The fourth-order valence-electron chi connectivity index (χ4n) is 2.47. The van der Waals surface area contributed by atoms with Crippen LogP contribution in [0.15, 0.2) is 35.1 Å². The molecular formula is C17H18N2O4. The number of nitrogens with one attached hydrogen (secondary N) is 2. The fourth-order valence-corrected chi connectivity index (χ4v) is 2.47. The van der Waals surface area contributed by atoms with Crippen LogP contribution in [0.1, 0.15) is 41.4 Å². The van der Waals surface area contributed by atoms with E-state index in [1.807, 2.05) is 32.0 Å². The van der Waals surface area contributed by atoms with Gasteiger partial charge in [0.15, 0.2) is 11.5 Å². The zero-order valence-electron chi connectivity index (χ0n) is 13.0. The smallest absolute Gasteiger partial charge is 0.253 e. The number of fused-ring (bicyclic) bond motifs is 1. The lowest BCUT2D eigenvalue weighted by atomic mass is 10.0. The van der Waals surface area contributed by atoms with Crippen LogP contribution in [0.2, 0.25) is 0 Å². The number of rotatable bonds is 4. The van der Waals surface area contributed by atoms with E-state index in [-0.39, 0.29) is 24.2 Å². The van der Waals surface area contributed by atoms with Gasteiger partial charge in [0, 0.05) is 18.3 Å². The lowest BCUT2D eigenvalue weighted by Gasteiger charge is -2.12. The third-order valence-corrected chi connectivity index (χ3v) is 3.66. The van der Waals surface area contributed by atoms with Gasteiger partial charge in [-0.05, 0) is 29.7 Å². The van der Waals surface area contributed by atoms with Gasteiger partial charge in [0.05, 0.1) is 5.56 Å². The van der Waals surface area contributed by atoms with Crippen molar-refractivity contribution in [3.05, 3.63) is 57.5 Å². The number of pyridine rings is 1. The molecule has 2 heterocycles. The maximum atomic E-state index is 12.4. The maximum absolute atomic E-state index is 12.4. The molecule has 0 saturated heterocycles. The van der Waals surface area contributed by atoms with E-state index in [0.29, 0.717) is 29.3 Å². The molecule has 2 N–H and O–H groups in total. The molecular weight excluding hydrogens is 296 g/mol. The van der Waals surface area contributed by atoms with Gasteiger partial charge in [-0.1, -0.05) is 19.9 Å². The summed E-state index contributed by atoms with van der Waals surface area (Å²) in [5, 5.41) is 2.86. The number of ether oxygens (including phenoxy) is 2. The topological polar surface area (TPSA) is 80.4 Å². The molecule has 6 nitrogen and oxygen atoms in total. The number of aromatic nitrogens is 1. The van der Waals surface area contributed by atoms with Crippen molar-refractivity contribution < 1.29 is 14.3 Å². The molecule has 1 aliphatic rings. The third kappa shape index (κ3) is 3.21. The van der Waals surface area contributed by atoms with E-state index in [9.17, 15) is 9.59 Å². The molecule has 1 aromatic carbocycles. The zero-order valence-corrected chi connectivity index (χ0v) is 13.0. The molecule has 6 heteroatoms. The minimum absolute atomic E-state index is 0.0511. The monoisotopic (exact) mass is 314 g/mol. The molecule has 0 saturated carbocycles. The van der Waals surface area contributed by atoms with Gasteiger partial charge in [0.1, 0.15) is 0 Å². The Balaban J connectivity index is 1.74. The first-order valence-electron chi connectivity index (χ1n) is 7.44. The summed E-state index contributed by atoms with van der Waals surface area (Å²) in [4.78, 5) is 26.6. The van der Waals surface area contributed by atoms with Crippen molar-refractivity contribution in [2.45, 2.75) is 26.3 Å². The maximum Gasteiger partial charge on any atom is 0.253 e. The lowest BCUT2D eigenvalue weighted by molar-refractivity contribution is 0.0949. The second-order valence-corrected chi connectivity index (χ2v) is 5.67. The van der Waals surface area contributed by atoms with Gasteiger partial charge >= 0.3 is 0 Å². The van der Waals surface area contributed by atoms with E-state index in [1.165, 1.54) is 6.07 Å². The van der Waals surface area contributed by atoms with Crippen LogP contribution in [0.3, 0.4) is 0 Å². The summed E-state index contributed by atoms with van der Waals surface area (Å²) in [7, 11) is 0. The average molecular weight is 314 g/mol. The minimum atomic E-state index is -0.220. The van der Waals surface area contributed by atoms with Crippen molar-refractivity contribution in [3.8, 4) is 11.5 Å². The Labute approximate surface area is 133 Å². The van der Waals surface area contributed by atoms with Gasteiger partial charge in [0.2, 0.25) is 12.4 Å². The first-order chi connectivity index (χ1) is 11.0. The van der Waals surface area contributed by atoms with Gasteiger partial charge in [-0.2, -0.15) is 0 Å². The zero-order chi connectivity index (χ0) is 16.4. The van der Waals surface area contributed by atoms with Gasteiger partial charge in [-0.15, -0.1) is 0 Å². The Hall–Kier alpha value is -2.76. The molecule has 0 atom stereocenters. The molecule has 0 spiro atoms. The van der Waals surface area contributed by atoms with Crippen molar-refractivity contribution in [1.29, 1.82) is 0 Å². The molecule has 2 aromatic rings. The number of H-pyrrole nitrogens is 1. The van der Waals surface area contributed by atoms with Gasteiger partial charge in [-0.25, -0.2) is 0 Å². The van der Waals surface area contributed by atoms with E-state index in [1.54, 1.807) is 6.07 Å². The van der Waals surface area contributed by atoms with Crippen LogP contribution >= 0.6 is 0 Å². The van der Waals surface area contributed by atoms with Crippen LogP contribution in [0, 0.1) is 0 Å². The highest BCUT2D eigenvalue weighted by Gasteiger charge is 2.16. The Morgan fingerprint density at radius 2 is 2.00 bits per heavy atom. The van der Waals surface area contributed by atoms with Crippen LogP contribution in [-0.4, -0.2) is 17.7 Å². The Morgan fingerprint density at radius 3 is 2.78 bits per heavy atom. The van der Waals surface area contributed by atoms with E-state index >= 15 is 0 Å². The summed E-state index contributed by atoms with van der Waals surface area (Å²) in [5.41, 5.74) is 1.83. The Morgan fingerprint density at radius 1 is 1.22 bits per heavy atom. The van der Waals surface area contributed by atoms with Crippen molar-refractivity contribution in [3.63, 3.8) is 0 Å². The molecule has 1 amide bonds. The summed E-state index contributed by atoms with van der Waals surface area (Å²) in [6.07, 6.45) is 0. The average Bonchev–Trinajstić information content (AvgIpc) is 3.00. The highest BCUT2D eigenvalue weighted by molar-refractivity contribution is 5.95. The number of hydrogen-bond donors (Lipinski definition) is 2. The van der Waals surface area contributed by atoms with Gasteiger partial charge < -0.3 is 19.8 Å². The molecule has 0 aliphatic carbocycles. The number of carbonyl (C=O) groups is 1. The molecule has 23 heavy (non-hydrogen) atoms. The largest absolute Gasteiger partial charge is 0.454 e. The molecule has 120 valence electrons. The molecule has 0 bridgehead atoms. The van der Waals surface area contributed by atoms with Crippen LogP contribution in [0.4, 0.5) is 0 Å². The molecule has 1 aromatic heterocycles. The SMILES string of the molecule is CC(C)c1[nH]c(=O)ccc1C(=O)NCc1ccc2c(c1)OCO2. The van der Waals surface area contributed by atoms with Crippen molar-refractivity contribution >= 4 is 5.91 Å². The van der Waals surface area contributed by atoms with E-state index < -0.39 is 0 Å². The Kier molecular flexibility index (Phi) is 4.06. The number of hydrogen-bond acceptors (Lipinski definition) is 4. The fraction of sp³-hybridized carbons (Fsp3) is 0.294. The normalized spacial score (nSPS) is 12.5. The van der Waals surface area contributed by atoms with Crippen molar-refractivity contribution in [2.24, 2.45) is 0 Å². The predicted molar refractivity (Wildman–Crippen MR) is 84.9 cm³/mol. The highest BCUT2D eigenvalue weighted by atomic mass is 16.7. The van der Waals surface area contributed by atoms with E-state index in [4.69, 9.17) is 9.47 Å². The van der Waals surface area contributed by atoms with E-state index in [0.717, 1.165) is 5.56 Å². The third-order valence-electron chi connectivity index (χ3n) is 3.66. The number of carbonyl (C=O) groups excluding carboxylic acids is 1. The van der Waals surface area contributed by atoms with Gasteiger partial charge in [-0.3, -0.25) is 9.59 Å². The molecule has 1 aliphatic heterocycles. The van der Waals surface area contributed by atoms with Crippen molar-refractivity contribution in [2.75, 3.05) is 6.79 Å². The predicted octanol–water partition coefficient (Wildman–Crippen LogP) is 2.16. The number of aromatic amines is 1. The van der Waals surface area contributed by atoms with Crippen LogP contribution in [0.5, 0.6) is 11.5 Å². The van der Waals surface area contributed by atoms with Crippen LogP contribution < -0.4 is 20.3 Å². The second-order valence-electron chi connectivity index (χ2n) is 5.67. The molecule has 0 fully saturated rings. The molecule has 0 radical (unpaired) electrons. The summed E-state index contributed by atoms with van der Waals surface area (Å²) in [6.45, 7) is 4.45. The lowest BCUT2D eigenvalue weighted by Crippen LogP contribution is -2.26. The standard InChI is InChI=1S/C17H18N2O4/c1-10(2)16-12(4-6-15(20)19-16)17(21)18-8-11-3-5-13-14(7-11)23-9-22-13/h3-7,10H,8-9H2,1-2H3,(H,18,21)(H,19,20). The van der Waals surface area contributed by atoms with Crippen LogP contribution in [0.25, 0.3) is 0 Å². The number of benzene rings is 1. The number of amides is 1. The molecule has 0 unspecified atom stereocenters. The van der Waals surface area contributed by atoms with Gasteiger partial charge in [0.25, 0.3) is 5.91 Å². The summed E-state index contributed by atoms with van der Waals surface area (Å²) < 4.78 is 10.6. The Bertz CT molecular complexity index is 795. The summed E-state index contributed by atoms with van der Waals surface area (Å²) in [5.74, 6) is 1.23. The minimum Gasteiger partial charge on any atom is -0.454 e. The summed E-state index contributed by atoms with van der Waals surface area (Å²) in [6, 6.07) is 8.47.